The van der Waals surface area contributed by atoms with Gasteiger partial charge in [0.1, 0.15) is 10.6 Å². The molecule has 2 heterocycles. The average Bonchev–Trinajstić information content (AvgIpc) is 2.71. The van der Waals surface area contributed by atoms with E-state index in [1.807, 2.05) is 11.4 Å². The molecule has 2 aromatic rings. The van der Waals surface area contributed by atoms with Crippen molar-refractivity contribution in [1.82, 2.24) is 9.97 Å². The summed E-state index contributed by atoms with van der Waals surface area (Å²) in [5.74, 6) is -0.511. The van der Waals surface area contributed by atoms with Gasteiger partial charge in [0.15, 0.2) is 0 Å². The minimum absolute atomic E-state index is 0.0558. The molecule has 0 saturated carbocycles. The van der Waals surface area contributed by atoms with E-state index in [0.717, 1.165) is 9.35 Å². The van der Waals surface area contributed by atoms with Crippen LogP contribution in [0.25, 0.3) is 0 Å². The molecule has 0 unspecified atom stereocenters. The molecule has 8 heteroatoms. The first-order valence-electron chi connectivity index (χ1n) is 5.17. The van der Waals surface area contributed by atoms with Gasteiger partial charge in [-0.05, 0) is 28.9 Å². The second-order valence-electron chi connectivity index (χ2n) is 3.67. The molecule has 0 aliphatic carbocycles. The standard InChI is InChI=1S/C11H9BrN2O3S2/c1-5-8(10(15)16)9(14-11(17)13-5)19-4-7-2-6(12)3-18-7/h2-3H,4H2,1H3,(H,15,16)(H,13,14,17). The Morgan fingerprint density at radius 3 is 2.95 bits per heavy atom. The van der Waals surface area contributed by atoms with Gasteiger partial charge in [0.2, 0.25) is 0 Å². The fourth-order valence-corrected chi connectivity index (χ4v) is 4.06. The van der Waals surface area contributed by atoms with E-state index in [0.29, 0.717) is 11.4 Å². The average molecular weight is 361 g/mol. The number of nitrogens with zero attached hydrogens (tertiary/aromatic N) is 1. The maximum absolute atomic E-state index is 11.3. The zero-order chi connectivity index (χ0) is 14.0. The minimum atomic E-state index is -1.09. The van der Waals surface area contributed by atoms with Crippen molar-refractivity contribution in [1.29, 1.82) is 0 Å². The van der Waals surface area contributed by atoms with Gasteiger partial charge < -0.3 is 10.1 Å². The Kier molecular flexibility index (Phi) is 4.43. The van der Waals surface area contributed by atoms with Crippen LogP contribution in [0.4, 0.5) is 0 Å². The van der Waals surface area contributed by atoms with Gasteiger partial charge >= 0.3 is 11.7 Å². The van der Waals surface area contributed by atoms with E-state index in [1.165, 1.54) is 11.8 Å². The first-order chi connectivity index (χ1) is 8.97. The van der Waals surface area contributed by atoms with Crippen LogP contribution in [-0.4, -0.2) is 21.0 Å². The number of halogens is 1. The number of rotatable bonds is 4. The number of aromatic carboxylic acids is 1. The Balaban J connectivity index is 2.28. The molecule has 2 N–H and O–H groups in total. The van der Waals surface area contributed by atoms with Crippen molar-refractivity contribution in [2.75, 3.05) is 0 Å². The summed E-state index contributed by atoms with van der Waals surface area (Å²) in [7, 11) is 0. The summed E-state index contributed by atoms with van der Waals surface area (Å²) < 4.78 is 0.988. The highest BCUT2D eigenvalue weighted by atomic mass is 79.9. The zero-order valence-corrected chi connectivity index (χ0v) is 13.0. The molecule has 0 bridgehead atoms. The summed E-state index contributed by atoms with van der Waals surface area (Å²) in [4.78, 5) is 29.7. The molecule has 0 atom stereocenters. The van der Waals surface area contributed by atoms with E-state index in [1.54, 1.807) is 18.3 Å². The van der Waals surface area contributed by atoms with E-state index < -0.39 is 11.7 Å². The Morgan fingerprint density at radius 1 is 1.63 bits per heavy atom. The second-order valence-corrected chi connectivity index (χ2v) is 6.55. The molecule has 0 saturated heterocycles. The lowest BCUT2D eigenvalue weighted by Gasteiger charge is -2.05. The number of aromatic amines is 1. The van der Waals surface area contributed by atoms with E-state index in [-0.39, 0.29) is 10.6 Å². The maximum Gasteiger partial charge on any atom is 0.346 e. The summed E-state index contributed by atoms with van der Waals surface area (Å²) >= 11 is 6.17. The van der Waals surface area contributed by atoms with Crippen LogP contribution in [0.2, 0.25) is 0 Å². The molecular weight excluding hydrogens is 352 g/mol. The number of nitrogens with one attached hydrogen (secondary N) is 1. The molecule has 0 amide bonds. The van der Waals surface area contributed by atoms with Gasteiger partial charge in [0.25, 0.3) is 0 Å². The van der Waals surface area contributed by atoms with Crippen LogP contribution in [0, 0.1) is 6.92 Å². The van der Waals surface area contributed by atoms with Crippen LogP contribution in [-0.2, 0) is 5.75 Å². The highest BCUT2D eigenvalue weighted by Crippen LogP contribution is 2.29. The Labute approximate surface area is 125 Å². The summed E-state index contributed by atoms with van der Waals surface area (Å²) in [5, 5.41) is 11.4. The van der Waals surface area contributed by atoms with Crippen molar-refractivity contribution in [3.63, 3.8) is 0 Å². The molecule has 2 rings (SSSR count). The number of carboxylic acids is 1. The molecule has 0 spiro atoms. The summed E-state index contributed by atoms with van der Waals surface area (Å²) in [6.07, 6.45) is 0. The predicted octanol–water partition coefficient (Wildman–Crippen LogP) is 2.89. The fraction of sp³-hybridized carbons (Fsp3) is 0.182. The van der Waals surface area contributed by atoms with Gasteiger partial charge in [-0.2, -0.15) is 4.98 Å². The monoisotopic (exact) mass is 360 g/mol. The van der Waals surface area contributed by atoms with Gasteiger partial charge in [0, 0.05) is 26.2 Å². The lowest BCUT2D eigenvalue weighted by molar-refractivity contribution is 0.0690. The number of H-pyrrole nitrogens is 1. The van der Waals surface area contributed by atoms with Crippen molar-refractivity contribution >= 4 is 45.0 Å². The molecule has 0 aliphatic heterocycles. The van der Waals surface area contributed by atoms with Gasteiger partial charge in [-0.3, -0.25) is 0 Å². The first-order valence-corrected chi connectivity index (χ1v) is 7.83. The minimum Gasteiger partial charge on any atom is -0.478 e. The van der Waals surface area contributed by atoms with Crippen LogP contribution in [0.15, 0.2) is 25.7 Å². The van der Waals surface area contributed by atoms with Gasteiger partial charge in [-0.25, -0.2) is 9.59 Å². The number of hydrogen-bond acceptors (Lipinski definition) is 5. The number of carboxylic acid groups (broad SMARTS) is 1. The number of thiophene rings is 1. The highest BCUT2D eigenvalue weighted by molar-refractivity contribution is 9.10. The Hall–Kier alpha value is -1.12. The topological polar surface area (TPSA) is 83.0 Å². The van der Waals surface area contributed by atoms with Gasteiger partial charge in [0.05, 0.1) is 0 Å². The number of carbonyl (C=O) groups is 1. The second kappa shape index (κ2) is 5.89. The third-order valence-electron chi connectivity index (χ3n) is 2.27. The Morgan fingerprint density at radius 2 is 2.37 bits per heavy atom. The number of aromatic nitrogens is 2. The molecular formula is C11H9BrN2O3S2. The van der Waals surface area contributed by atoms with E-state index >= 15 is 0 Å². The fourth-order valence-electron chi connectivity index (χ4n) is 1.48. The normalized spacial score (nSPS) is 10.6. The van der Waals surface area contributed by atoms with Crippen LogP contribution < -0.4 is 5.69 Å². The van der Waals surface area contributed by atoms with Crippen molar-refractivity contribution in [2.45, 2.75) is 17.7 Å². The zero-order valence-electron chi connectivity index (χ0n) is 9.77. The SMILES string of the molecule is Cc1[nH]c(=O)nc(SCc2cc(Br)cs2)c1C(=O)O. The van der Waals surface area contributed by atoms with Crippen molar-refractivity contribution in [2.24, 2.45) is 0 Å². The molecule has 5 nitrogen and oxygen atoms in total. The lowest BCUT2D eigenvalue weighted by atomic mass is 10.2. The number of aryl methyl sites for hydroxylation is 1. The molecule has 2 aromatic heterocycles. The van der Waals surface area contributed by atoms with Crippen molar-refractivity contribution < 1.29 is 9.90 Å². The predicted molar refractivity (Wildman–Crippen MR) is 78.1 cm³/mol. The van der Waals surface area contributed by atoms with E-state index in [9.17, 15) is 9.59 Å². The van der Waals surface area contributed by atoms with Gasteiger partial charge in [-0.15, -0.1) is 11.3 Å². The Bertz CT molecular complexity index is 681. The van der Waals surface area contributed by atoms with E-state index in [2.05, 4.69) is 25.9 Å². The van der Waals surface area contributed by atoms with Crippen molar-refractivity contribution in [3.8, 4) is 0 Å². The van der Waals surface area contributed by atoms with E-state index in [4.69, 9.17) is 5.11 Å². The quantitative estimate of drug-likeness (QED) is 0.646. The van der Waals surface area contributed by atoms with Crippen LogP contribution in [0.3, 0.4) is 0 Å². The number of hydrogen-bond donors (Lipinski definition) is 2. The largest absolute Gasteiger partial charge is 0.478 e. The summed E-state index contributed by atoms with van der Waals surface area (Å²) in [6, 6.07) is 1.96. The summed E-state index contributed by atoms with van der Waals surface area (Å²) in [6.45, 7) is 1.55. The van der Waals surface area contributed by atoms with Crippen molar-refractivity contribution in [3.05, 3.63) is 42.5 Å². The lowest BCUT2D eigenvalue weighted by Crippen LogP contribution is -2.18. The smallest absolute Gasteiger partial charge is 0.346 e. The summed E-state index contributed by atoms with van der Waals surface area (Å²) in [5.41, 5.74) is -0.153. The van der Waals surface area contributed by atoms with Crippen LogP contribution in [0.1, 0.15) is 20.9 Å². The molecule has 100 valence electrons. The molecule has 0 fully saturated rings. The molecule has 0 radical (unpaired) electrons. The molecule has 0 aromatic carbocycles. The van der Waals surface area contributed by atoms with Crippen LogP contribution in [0.5, 0.6) is 0 Å². The third-order valence-corrected chi connectivity index (χ3v) is 5.18. The number of thioether (sulfide) groups is 1. The van der Waals surface area contributed by atoms with Gasteiger partial charge in [-0.1, -0.05) is 11.8 Å². The highest BCUT2D eigenvalue weighted by Gasteiger charge is 2.17. The molecule has 19 heavy (non-hydrogen) atoms. The first kappa shape index (κ1) is 14.3. The molecule has 0 aliphatic rings. The third kappa shape index (κ3) is 3.46. The maximum atomic E-state index is 11.3. The van der Waals surface area contributed by atoms with Crippen LogP contribution >= 0.6 is 39.0 Å².